The number of rotatable bonds is 3. The van der Waals surface area contributed by atoms with Crippen LogP contribution >= 0.6 is 0 Å². The Morgan fingerprint density at radius 1 is 1.35 bits per heavy atom. The number of fused-ring (bicyclic) bond motifs is 1. The SMILES string of the molecule is Cc1ccc2c(c1)CC(CC1(C(=O)O)CCCCC1)O2. The summed E-state index contributed by atoms with van der Waals surface area (Å²) in [6.45, 7) is 2.08. The molecule has 0 aromatic heterocycles. The smallest absolute Gasteiger partial charge is 0.309 e. The molecule has 1 aliphatic heterocycles. The van der Waals surface area contributed by atoms with E-state index in [0.29, 0.717) is 6.42 Å². The van der Waals surface area contributed by atoms with Gasteiger partial charge in [-0.3, -0.25) is 4.79 Å². The predicted octanol–water partition coefficient (Wildman–Crippen LogP) is 3.72. The fourth-order valence-corrected chi connectivity index (χ4v) is 3.73. The molecule has 1 aromatic carbocycles. The van der Waals surface area contributed by atoms with Gasteiger partial charge in [-0.05, 0) is 31.4 Å². The largest absolute Gasteiger partial charge is 0.490 e. The van der Waals surface area contributed by atoms with Crippen molar-refractivity contribution in [2.24, 2.45) is 5.41 Å². The Kier molecular flexibility index (Phi) is 3.45. The maximum atomic E-state index is 11.7. The van der Waals surface area contributed by atoms with Crippen LogP contribution in [0.4, 0.5) is 0 Å². The number of ether oxygens (including phenoxy) is 1. The van der Waals surface area contributed by atoms with Crippen molar-refractivity contribution in [3.8, 4) is 5.75 Å². The molecule has 1 saturated carbocycles. The van der Waals surface area contributed by atoms with Gasteiger partial charge < -0.3 is 9.84 Å². The third-order valence-corrected chi connectivity index (χ3v) is 4.84. The maximum Gasteiger partial charge on any atom is 0.309 e. The minimum Gasteiger partial charge on any atom is -0.490 e. The van der Waals surface area contributed by atoms with Crippen molar-refractivity contribution in [3.05, 3.63) is 29.3 Å². The van der Waals surface area contributed by atoms with Crippen LogP contribution in [0, 0.1) is 12.3 Å². The lowest BCUT2D eigenvalue weighted by atomic mass is 9.70. The third kappa shape index (κ3) is 2.41. The molecule has 1 aromatic rings. The second kappa shape index (κ2) is 5.12. The first-order valence-corrected chi connectivity index (χ1v) is 7.59. The molecule has 0 bridgehead atoms. The van der Waals surface area contributed by atoms with Gasteiger partial charge in [-0.2, -0.15) is 0 Å². The van der Waals surface area contributed by atoms with Gasteiger partial charge in [0.1, 0.15) is 11.9 Å². The molecular weight excluding hydrogens is 252 g/mol. The summed E-state index contributed by atoms with van der Waals surface area (Å²) in [4.78, 5) is 11.7. The fourth-order valence-electron chi connectivity index (χ4n) is 3.73. The molecule has 1 heterocycles. The van der Waals surface area contributed by atoms with E-state index < -0.39 is 11.4 Å². The zero-order valence-corrected chi connectivity index (χ0v) is 12.0. The Balaban J connectivity index is 1.74. The number of hydrogen-bond acceptors (Lipinski definition) is 2. The lowest BCUT2D eigenvalue weighted by Crippen LogP contribution is -2.38. The molecule has 1 aliphatic carbocycles. The standard InChI is InChI=1S/C17H22O3/c1-12-5-6-15-13(9-12)10-14(20-15)11-17(16(18)19)7-3-2-4-8-17/h5-6,9,14H,2-4,7-8,10-11H2,1H3,(H,18,19). The minimum absolute atomic E-state index is 0.0287. The number of aryl methyl sites for hydroxylation is 1. The van der Waals surface area contributed by atoms with E-state index in [2.05, 4.69) is 19.1 Å². The van der Waals surface area contributed by atoms with E-state index in [4.69, 9.17) is 4.74 Å². The van der Waals surface area contributed by atoms with Crippen LogP contribution in [0.25, 0.3) is 0 Å². The average molecular weight is 274 g/mol. The molecule has 0 amide bonds. The van der Waals surface area contributed by atoms with E-state index in [1.807, 2.05) is 6.07 Å². The van der Waals surface area contributed by atoms with Crippen LogP contribution in [-0.4, -0.2) is 17.2 Å². The van der Waals surface area contributed by atoms with Crippen LogP contribution in [-0.2, 0) is 11.2 Å². The highest BCUT2D eigenvalue weighted by Gasteiger charge is 2.43. The van der Waals surface area contributed by atoms with Crippen molar-refractivity contribution < 1.29 is 14.6 Å². The third-order valence-electron chi connectivity index (χ3n) is 4.84. The van der Waals surface area contributed by atoms with Crippen molar-refractivity contribution >= 4 is 5.97 Å². The normalized spacial score (nSPS) is 23.9. The van der Waals surface area contributed by atoms with Crippen LogP contribution < -0.4 is 4.74 Å². The quantitative estimate of drug-likeness (QED) is 0.913. The van der Waals surface area contributed by atoms with Crippen LogP contribution in [0.15, 0.2) is 18.2 Å². The summed E-state index contributed by atoms with van der Waals surface area (Å²) in [6.07, 6.45) is 6.37. The summed E-state index contributed by atoms with van der Waals surface area (Å²) < 4.78 is 5.98. The van der Waals surface area contributed by atoms with Gasteiger partial charge in [0.2, 0.25) is 0 Å². The highest BCUT2D eigenvalue weighted by molar-refractivity contribution is 5.74. The summed E-state index contributed by atoms with van der Waals surface area (Å²) in [6, 6.07) is 6.22. The van der Waals surface area contributed by atoms with Crippen LogP contribution in [0.1, 0.15) is 49.7 Å². The summed E-state index contributed by atoms with van der Waals surface area (Å²) in [5.74, 6) is 0.310. The lowest BCUT2D eigenvalue weighted by molar-refractivity contribution is -0.153. The van der Waals surface area contributed by atoms with Crippen molar-refractivity contribution in [2.45, 2.75) is 58.0 Å². The minimum atomic E-state index is -0.632. The zero-order valence-electron chi connectivity index (χ0n) is 12.0. The van der Waals surface area contributed by atoms with Crippen molar-refractivity contribution in [2.75, 3.05) is 0 Å². The Bertz CT molecular complexity index is 515. The van der Waals surface area contributed by atoms with Gasteiger partial charge in [-0.25, -0.2) is 0 Å². The Hall–Kier alpha value is -1.51. The predicted molar refractivity (Wildman–Crippen MR) is 77.1 cm³/mol. The summed E-state index contributed by atoms with van der Waals surface area (Å²) in [7, 11) is 0. The lowest BCUT2D eigenvalue weighted by Gasteiger charge is -2.34. The van der Waals surface area contributed by atoms with Crippen molar-refractivity contribution in [3.63, 3.8) is 0 Å². The molecule has 3 heteroatoms. The molecule has 108 valence electrons. The monoisotopic (exact) mass is 274 g/mol. The number of carboxylic acid groups (broad SMARTS) is 1. The molecule has 1 N–H and O–H groups in total. The summed E-state index contributed by atoms with van der Waals surface area (Å²) in [5.41, 5.74) is 1.91. The molecule has 0 spiro atoms. The van der Waals surface area contributed by atoms with Gasteiger partial charge in [-0.15, -0.1) is 0 Å². The van der Waals surface area contributed by atoms with Crippen LogP contribution in [0.2, 0.25) is 0 Å². The van der Waals surface area contributed by atoms with Crippen molar-refractivity contribution in [1.29, 1.82) is 0 Å². The molecule has 1 fully saturated rings. The van der Waals surface area contributed by atoms with Gasteiger partial charge in [0.05, 0.1) is 5.41 Å². The fraction of sp³-hybridized carbons (Fsp3) is 0.588. The van der Waals surface area contributed by atoms with Crippen LogP contribution in [0.3, 0.4) is 0 Å². The second-order valence-electron chi connectivity index (χ2n) is 6.41. The summed E-state index contributed by atoms with van der Waals surface area (Å²) >= 11 is 0. The van der Waals surface area contributed by atoms with Gasteiger partial charge >= 0.3 is 5.97 Å². The molecule has 2 aliphatic rings. The van der Waals surface area contributed by atoms with Gasteiger partial charge in [-0.1, -0.05) is 37.0 Å². The molecule has 1 unspecified atom stereocenters. The zero-order chi connectivity index (χ0) is 14.2. The molecule has 0 radical (unpaired) electrons. The van der Waals surface area contributed by atoms with Gasteiger partial charge in [0, 0.05) is 12.8 Å². The Morgan fingerprint density at radius 2 is 2.10 bits per heavy atom. The van der Waals surface area contributed by atoms with E-state index in [1.165, 1.54) is 17.5 Å². The Labute approximate surface area is 120 Å². The molecule has 0 saturated heterocycles. The highest BCUT2D eigenvalue weighted by atomic mass is 16.5. The molecule has 1 atom stereocenters. The first-order chi connectivity index (χ1) is 9.59. The topological polar surface area (TPSA) is 46.5 Å². The maximum absolute atomic E-state index is 11.7. The van der Waals surface area contributed by atoms with Crippen LogP contribution in [0.5, 0.6) is 5.75 Å². The van der Waals surface area contributed by atoms with E-state index >= 15 is 0 Å². The van der Waals surface area contributed by atoms with Gasteiger partial charge in [0.25, 0.3) is 0 Å². The molecule has 3 nitrogen and oxygen atoms in total. The average Bonchev–Trinajstić information content (AvgIpc) is 2.80. The number of hydrogen-bond donors (Lipinski definition) is 1. The van der Waals surface area contributed by atoms with Gasteiger partial charge in [0.15, 0.2) is 0 Å². The second-order valence-corrected chi connectivity index (χ2v) is 6.41. The highest BCUT2D eigenvalue weighted by Crippen LogP contribution is 2.43. The number of carboxylic acids is 1. The number of carbonyl (C=O) groups is 1. The molecule has 20 heavy (non-hydrogen) atoms. The number of benzene rings is 1. The number of aliphatic carboxylic acids is 1. The Morgan fingerprint density at radius 3 is 2.80 bits per heavy atom. The molecular formula is C17H22O3. The van der Waals surface area contributed by atoms with E-state index in [1.54, 1.807) is 0 Å². The first kappa shape index (κ1) is 13.5. The van der Waals surface area contributed by atoms with Crippen molar-refractivity contribution in [1.82, 2.24) is 0 Å². The van der Waals surface area contributed by atoms with E-state index in [0.717, 1.165) is 37.9 Å². The molecule has 3 rings (SSSR count). The van der Waals surface area contributed by atoms with E-state index in [-0.39, 0.29) is 6.10 Å². The first-order valence-electron chi connectivity index (χ1n) is 7.59. The van der Waals surface area contributed by atoms with E-state index in [9.17, 15) is 9.90 Å². The summed E-state index contributed by atoms with van der Waals surface area (Å²) in [5, 5.41) is 9.65.